The van der Waals surface area contributed by atoms with Gasteiger partial charge < -0.3 is 20.7 Å². The highest BCUT2D eigenvalue weighted by atomic mass is 32.1. The van der Waals surface area contributed by atoms with Crippen molar-refractivity contribution in [2.45, 2.75) is 52.5 Å². The van der Waals surface area contributed by atoms with Crippen LogP contribution in [0.4, 0.5) is 16.4 Å². The molecule has 3 N–H and O–H groups in total. The number of carbonyl (C=O) groups is 3. The van der Waals surface area contributed by atoms with Gasteiger partial charge in [-0.2, -0.15) is 0 Å². The Balaban J connectivity index is 1.52. The average molecular weight is 442 g/mol. The van der Waals surface area contributed by atoms with Gasteiger partial charge in [0.1, 0.15) is 11.0 Å². The summed E-state index contributed by atoms with van der Waals surface area (Å²) in [5.74, 6) is -0.465. The van der Waals surface area contributed by atoms with Gasteiger partial charge in [0.05, 0.1) is 30.5 Å². The molecule has 1 aromatic carbocycles. The van der Waals surface area contributed by atoms with Gasteiger partial charge in [-0.3, -0.25) is 9.59 Å². The van der Waals surface area contributed by atoms with Gasteiger partial charge in [-0.15, -0.1) is 11.3 Å². The van der Waals surface area contributed by atoms with Crippen LogP contribution in [-0.4, -0.2) is 30.9 Å². The summed E-state index contributed by atoms with van der Waals surface area (Å²) in [6, 6.07) is 3.20. The fraction of sp³-hybridized carbons (Fsp3) is 0.435. The zero-order valence-corrected chi connectivity index (χ0v) is 19.0. The molecule has 1 aliphatic carbocycles. The van der Waals surface area contributed by atoms with Crippen LogP contribution in [0.5, 0.6) is 0 Å². The van der Waals surface area contributed by atoms with Crippen LogP contribution in [0.1, 0.15) is 51.7 Å². The highest BCUT2D eigenvalue weighted by Gasteiger charge is 2.31. The summed E-state index contributed by atoms with van der Waals surface area (Å²) in [4.78, 5) is 38.9. The van der Waals surface area contributed by atoms with Crippen LogP contribution in [0.3, 0.4) is 0 Å². The summed E-state index contributed by atoms with van der Waals surface area (Å²) in [5, 5.41) is 9.43. The van der Waals surface area contributed by atoms with Gasteiger partial charge in [0.25, 0.3) is 0 Å². The molecule has 2 aliphatic rings. The molecule has 0 spiro atoms. The Kier molecular flexibility index (Phi) is 5.75. The molecule has 0 saturated heterocycles. The number of benzene rings is 1. The number of methoxy groups -OCH3 is 1. The second-order valence-electron chi connectivity index (χ2n) is 8.47. The number of aryl methyl sites for hydroxylation is 2. The molecule has 2 unspecified atom stereocenters. The monoisotopic (exact) mass is 441 g/mol. The van der Waals surface area contributed by atoms with Crippen molar-refractivity contribution in [3.8, 4) is 0 Å². The normalized spacial score (nSPS) is 19.5. The van der Waals surface area contributed by atoms with Gasteiger partial charge in [0.15, 0.2) is 0 Å². The lowest BCUT2D eigenvalue weighted by Gasteiger charge is -2.27. The topological polar surface area (TPSA) is 96.5 Å². The molecule has 0 radical (unpaired) electrons. The molecule has 7 nitrogen and oxygen atoms in total. The molecule has 0 saturated carbocycles. The Labute approximate surface area is 185 Å². The number of hydrogen-bond acceptors (Lipinski definition) is 6. The fourth-order valence-corrected chi connectivity index (χ4v) is 5.59. The maximum atomic E-state index is 12.8. The Morgan fingerprint density at radius 2 is 1.94 bits per heavy atom. The van der Waals surface area contributed by atoms with E-state index in [2.05, 4.69) is 22.9 Å². The van der Waals surface area contributed by atoms with Crippen LogP contribution in [-0.2, 0) is 27.2 Å². The molecule has 4 rings (SSSR count). The van der Waals surface area contributed by atoms with Crippen molar-refractivity contribution < 1.29 is 19.1 Å². The Hall–Kier alpha value is -2.87. The number of amides is 2. The molecule has 2 amide bonds. The van der Waals surface area contributed by atoms with E-state index in [0.717, 1.165) is 52.2 Å². The minimum absolute atomic E-state index is 0.0439. The van der Waals surface area contributed by atoms with E-state index in [1.54, 1.807) is 0 Å². The number of esters is 1. The maximum absolute atomic E-state index is 12.8. The summed E-state index contributed by atoms with van der Waals surface area (Å²) in [7, 11) is 1.35. The van der Waals surface area contributed by atoms with Crippen LogP contribution in [0, 0.1) is 19.8 Å². The van der Waals surface area contributed by atoms with Crippen LogP contribution >= 0.6 is 11.3 Å². The van der Waals surface area contributed by atoms with Gasteiger partial charge in [-0.25, -0.2) is 4.79 Å². The van der Waals surface area contributed by atoms with Crippen LogP contribution in [0.2, 0.25) is 0 Å². The first kappa shape index (κ1) is 21.4. The summed E-state index contributed by atoms with van der Waals surface area (Å²) < 4.78 is 4.98. The highest BCUT2D eigenvalue weighted by molar-refractivity contribution is 7.17. The first-order valence-electron chi connectivity index (χ1n) is 10.5. The second-order valence-corrected chi connectivity index (χ2v) is 9.57. The third-order valence-corrected chi connectivity index (χ3v) is 7.25. The van der Waals surface area contributed by atoms with Crippen molar-refractivity contribution in [3.05, 3.63) is 39.3 Å². The van der Waals surface area contributed by atoms with Crippen molar-refractivity contribution in [2.24, 2.45) is 5.92 Å². The van der Waals surface area contributed by atoms with E-state index >= 15 is 0 Å². The third kappa shape index (κ3) is 4.17. The number of thiophene rings is 1. The predicted octanol–water partition coefficient (Wildman–Crippen LogP) is 4.04. The summed E-state index contributed by atoms with van der Waals surface area (Å²) >= 11 is 1.44. The second kappa shape index (κ2) is 8.34. The first-order valence-corrected chi connectivity index (χ1v) is 11.3. The van der Waals surface area contributed by atoms with Crippen molar-refractivity contribution in [3.63, 3.8) is 0 Å². The van der Waals surface area contributed by atoms with Crippen molar-refractivity contribution >= 4 is 45.5 Å². The van der Waals surface area contributed by atoms with E-state index < -0.39 is 12.0 Å². The van der Waals surface area contributed by atoms with Crippen molar-refractivity contribution in [1.29, 1.82) is 0 Å². The number of anilines is 3. The minimum Gasteiger partial charge on any atom is -0.465 e. The average Bonchev–Trinajstić information content (AvgIpc) is 3.06. The zero-order chi connectivity index (χ0) is 22.3. The molecule has 2 heterocycles. The Bertz CT molecular complexity index is 1080. The molecule has 2 atom stereocenters. The number of fused-ring (bicyclic) bond motifs is 2. The molecule has 31 heavy (non-hydrogen) atoms. The van der Waals surface area contributed by atoms with Gasteiger partial charge in [-0.05, 0) is 67.9 Å². The standard InChI is InChI=1S/C23H27N3O4S/c1-11-5-6-14-18(7-11)31-22(20(14)23(29)30-4)26-19(27)10-17-21(28)25-16-9-13(3)12(2)8-15(16)24-17/h8-9,11,17,24H,5-7,10H2,1-4H3,(H,25,28)(H,26,27). The highest BCUT2D eigenvalue weighted by Crippen LogP contribution is 2.40. The SMILES string of the molecule is COC(=O)c1c(NC(=O)CC2Nc3cc(C)c(C)cc3NC2=O)sc2c1CCC(C)C2. The number of nitrogens with one attached hydrogen (secondary N) is 3. The van der Waals surface area contributed by atoms with E-state index in [9.17, 15) is 14.4 Å². The summed E-state index contributed by atoms with van der Waals surface area (Å²) in [6.45, 7) is 6.18. The maximum Gasteiger partial charge on any atom is 0.341 e. The first-order chi connectivity index (χ1) is 14.8. The van der Waals surface area contributed by atoms with E-state index in [1.165, 1.54) is 18.4 Å². The molecular formula is C23H27N3O4S. The Morgan fingerprint density at radius 3 is 2.65 bits per heavy atom. The van der Waals surface area contributed by atoms with Crippen LogP contribution in [0.25, 0.3) is 0 Å². The van der Waals surface area contributed by atoms with Gasteiger partial charge in [0.2, 0.25) is 11.8 Å². The summed E-state index contributed by atoms with van der Waals surface area (Å²) in [5.41, 5.74) is 5.16. The molecule has 8 heteroatoms. The molecule has 0 fully saturated rings. The molecule has 0 bridgehead atoms. The molecule has 1 aliphatic heterocycles. The van der Waals surface area contributed by atoms with Crippen LogP contribution < -0.4 is 16.0 Å². The largest absolute Gasteiger partial charge is 0.465 e. The van der Waals surface area contributed by atoms with E-state index in [4.69, 9.17) is 4.74 Å². The lowest BCUT2D eigenvalue weighted by Crippen LogP contribution is -2.41. The van der Waals surface area contributed by atoms with E-state index in [1.807, 2.05) is 26.0 Å². The minimum atomic E-state index is -0.689. The lowest BCUT2D eigenvalue weighted by atomic mass is 9.88. The van der Waals surface area contributed by atoms with E-state index in [-0.39, 0.29) is 18.2 Å². The Morgan fingerprint density at radius 1 is 1.23 bits per heavy atom. The summed E-state index contributed by atoms with van der Waals surface area (Å²) in [6.07, 6.45) is 2.65. The van der Waals surface area contributed by atoms with Crippen molar-refractivity contribution in [2.75, 3.05) is 23.1 Å². The van der Waals surface area contributed by atoms with Gasteiger partial charge >= 0.3 is 5.97 Å². The van der Waals surface area contributed by atoms with Crippen LogP contribution in [0.15, 0.2) is 12.1 Å². The van der Waals surface area contributed by atoms with Gasteiger partial charge in [0, 0.05) is 4.88 Å². The molecule has 2 aromatic rings. The zero-order valence-electron chi connectivity index (χ0n) is 18.2. The molecule has 1 aromatic heterocycles. The number of hydrogen-bond donors (Lipinski definition) is 3. The van der Waals surface area contributed by atoms with Gasteiger partial charge in [-0.1, -0.05) is 6.92 Å². The molecule has 164 valence electrons. The predicted molar refractivity (Wildman–Crippen MR) is 122 cm³/mol. The smallest absolute Gasteiger partial charge is 0.341 e. The lowest BCUT2D eigenvalue weighted by molar-refractivity contribution is -0.122. The number of rotatable bonds is 4. The van der Waals surface area contributed by atoms with Crippen molar-refractivity contribution in [1.82, 2.24) is 0 Å². The molecular weight excluding hydrogens is 414 g/mol. The third-order valence-electron chi connectivity index (χ3n) is 6.08. The number of ether oxygens (including phenoxy) is 1. The fourth-order valence-electron chi connectivity index (χ4n) is 4.18. The quantitative estimate of drug-likeness (QED) is 0.623. The van der Waals surface area contributed by atoms with E-state index in [0.29, 0.717) is 16.5 Å². The number of carbonyl (C=O) groups excluding carboxylic acids is 3.